The summed E-state index contributed by atoms with van der Waals surface area (Å²) in [7, 11) is 0. The van der Waals surface area contributed by atoms with Crippen LogP contribution in [-0.4, -0.2) is 49.0 Å². The number of hydrogen-bond acceptors (Lipinski definition) is 8. The number of nitrogens with one attached hydrogen (secondary N) is 2. The number of aromatic nitrogens is 5. The van der Waals surface area contributed by atoms with E-state index in [1.807, 2.05) is 41.0 Å². The van der Waals surface area contributed by atoms with E-state index in [9.17, 15) is 9.90 Å². The van der Waals surface area contributed by atoms with Gasteiger partial charge in [0.05, 0.1) is 32.4 Å². The molecule has 1 amide bonds. The fourth-order valence-electron chi connectivity index (χ4n) is 4.11. The van der Waals surface area contributed by atoms with E-state index < -0.39 is 0 Å². The average Bonchev–Trinajstić information content (AvgIpc) is 3.31. The van der Waals surface area contributed by atoms with E-state index in [1.165, 1.54) is 6.33 Å². The second-order valence-corrected chi connectivity index (χ2v) is 8.08. The molecule has 0 unspecified atom stereocenters. The molecule has 1 aliphatic heterocycles. The number of aliphatic hydroxyl groups excluding tert-OH is 1. The Hall–Kier alpha value is -4.15. The molecule has 2 aromatic heterocycles. The molecule has 1 aliphatic rings. The zero-order valence-electron chi connectivity index (χ0n) is 19.0. The van der Waals surface area contributed by atoms with E-state index in [0.717, 1.165) is 16.8 Å². The van der Waals surface area contributed by atoms with Gasteiger partial charge in [-0.3, -0.25) is 4.79 Å². The van der Waals surface area contributed by atoms with Gasteiger partial charge in [-0.1, -0.05) is 30.3 Å². The van der Waals surface area contributed by atoms with Crippen molar-refractivity contribution in [3.8, 4) is 11.5 Å². The molecule has 0 bridgehead atoms. The number of benzene rings is 2. The molecular weight excluding hydrogens is 446 g/mol. The third-order valence-electron chi connectivity index (χ3n) is 5.82. The molecule has 0 saturated carbocycles. The van der Waals surface area contributed by atoms with E-state index in [4.69, 9.17) is 4.74 Å². The zero-order valence-corrected chi connectivity index (χ0v) is 19.0. The van der Waals surface area contributed by atoms with Crippen molar-refractivity contribution in [3.63, 3.8) is 0 Å². The standard InChI is InChI=1S/C25H25N7O3/c33-11-10-32-23(30-31-24(32)21-8-9-26-16-28-21)13-27-19-6-3-5-17(12-19)25(34)29-22-15-35-14-18-4-1-2-7-20(18)22/h1-9,12,16,22,27,33H,10-11,13-15H2,(H,29,34)/t22-/m1/s1. The lowest BCUT2D eigenvalue weighted by molar-refractivity contribution is 0.0708. The zero-order chi connectivity index (χ0) is 24.0. The van der Waals surface area contributed by atoms with Gasteiger partial charge in [-0.2, -0.15) is 0 Å². The Morgan fingerprint density at radius 2 is 2.06 bits per heavy atom. The summed E-state index contributed by atoms with van der Waals surface area (Å²) in [5.74, 6) is 1.02. The second-order valence-electron chi connectivity index (χ2n) is 8.08. The van der Waals surface area contributed by atoms with Crippen molar-refractivity contribution >= 4 is 11.6 Å². The highest BCUT2D eigenvalue weighted by Crippen LogP contribution is 2.25. The van der Waals surface area contributed by atoms with Crippen LogP contribution in [0.4, 0.5) is 5.69 Å². The first-order valence-electron chi connectivity index (χ1n) is 11.3. The Balaban J connectivity index is 1.28. The molecule has 0 aliphatic carbocycles. The highest BCUT2D eigenvalue weighted by Gasteiger charge is 2.22. The van der Waals surface area contributed by atoms with Crippen LogP contribution >= 0.6 is 0 Å². The van der Waals surface area contributed by atoms with Crippen LogP contribution in [0.3, 0.4) is 0 Å². The van der Waals surface area contributed by atoms with E-state index in [-0.39, 0.29) is 18.6 Å². The van der Waals surface area contributed by atoms with Crippen LogP contribution in [0.1, 0.15) is 33.4 Å². The number of rotatable bonds is 8. The molecule has 0 fully saturated rings. The minimum absolute atomic E-state index is 0.0627. The van der Waals surface area contributed by atoms with Crippen LogP contribution in [0.5, 0.6) is 0 Å². The molecular formula is C25H25N7O3. The Morgan fingerprint density at radius 3 is 2.91 bits per heavy atom. The molecule has 4 aromatic rings. The Kier molecular flexibility index (Phi) is 6.73. The van der Waals surface area contributed by atoms with E-state index in [2.05, 4.69) is 30.8 Å². The summed E-state index contributed by atoms with van der Waals surface area (Å²) in [6.07, 6.45) is 3.08. The van der Waals surface area contributed by atoms with Crippen molar-refractivity contribution in [3.05, 3.63) is 89.6 Å². The van der Waals surface area contributed by atoms with Crippen molar-refractivity contribution in [2.75, 3.05) is 18.5 Å². The van der Waals surface area contributed by atoms with Crippen LogP contribution in [0, 0.1) is 0 Å². The number of fused-ring (bicyclic) bond motifs is 1. The number of carbonyl (C=O) groups excluding carboxylic acids is 1. The van der Waals surface area contributed by atoms with E-state index in [0.29, 0.717) is 49.2 Å². The lowest BCUT2D eigenvalue weighted by Gasteiger charge is -2.26. The lowest BCUT2D eigenvalue weighted by atomic mass is 9.99. The average molecular weight is 472 g/mol. The topological polar surface area (TPSA) is 127 Å². The predicted molar refractivity (Wildman–Crippen MR) is 128 cm³/mol. The monoisotopic (exact) mass is 471 g/mol. The Morgan fingerprint density at radius 1 is 1.14 bits per heavy atom. The minimum atomic E-state index is -0.193. The van der Waals surface area contributed by atoms with Crippen molar-refractivity contribution in [1.29, 1.82) is 0 Å². The van der Waals surface area contributed by atoms with Crippen LogP contribution in [0.25, 0.3) is 11.5 Å². The Labute approximate surface area is 202 Å². The van der Waals surface area contributed by atoms with Gasteiger partial charge in [-0.25, -0.2) is 9.97 Å². The van der Waals surface area contributed by atoms with Gasteiger partial charge >= 0.3 is 0 Å². The molecule has 178 valence electrons. The molecule has 10 nitrogen and oxygen atoms in total. The predicted octanol–water partition coefficient (Wildman–Crippen LogP) is 2.34. The summed E-state index contributed by atoms with van der Waals surface area (Å²) < 4.78 is 7.47. The molecule has 0 radical (unpaired) electrons. The molecule has 35 heavy (non-hydrogen) atoms. The molecule has 3 heterocycles. The van der Waals surface area contributed by atoms with Gasteiger partial charge in [0.1, 0.15) is 12.0 Å². The number of nitrogens with zero attached hydrogens (tertiary/aromatic N) is 5. The van der Waals surface area contributed by atoms with Gasteiger partial charge in [0.2, 0.25) is 0 Å². The molecule has 5 rings (SSSR count). The maximum absolute atomic E-state index is 13.0. The molecule has 2 aromatic carbocycles. The van der Waals surface area contributed by atoms with Crippen LogP contribution in [-0.2, 0) is 24.4 Å². The number of ether oxygens (including phenoxy) is 1. The molecule has 0 spiro atoms. The third kappa shape index (κ3) is 5.03. The van der Waals surface area contributed by atoms with Crippen molar-refractivity contribution in [2.45, 2.75) is 25.7 Å². The summed E-state index contributed by atoms with van der Waals surface area (Å²) in [5, 5.41) is 24.4. The van der Waals surface area contributed by atoms with Crippen molar-refractivity contribution in [2.24, 2.45) is 0 Å². The maximum atomic E-state index is 13.0. The first kappa shape index (κ1) is 22.6. The number of hydrogen-bond donors (Lipinski definition) is 3. The van der Waals surface area contributed by atoms with Gasteiger partial charge in [-0.15, -0.1) is 10.2 Å². The lowest BCUT2D eigenvalue weighted by Crippen LogP contribution is -2.34. The summed E-state index contributed by atoms with van der Waals surface area (Å²) in [4.78, 5) is 21.1. The van der Waals surface area contributed by atoms with Gasteiger partial charge in [-0.05, 0) is 35.4 Å². The number of carbonyl (C=O) groups is 1. The largest absolute Gasteiger partial charge is 0.395 e. The van der Waals surface area contributed by atoms with Crippen LogP contribution in [0.2, 0.25) is 0 Å². The molecule has 3 N–H and O–H groups in total. The fraction of sp³-hybridized carbons (Fsp3) is 0.240. The fourth-order valence-corrected chi connectivity index (χ4v) is 4.11. The van der Waals surface area contributed by atoms with E-state index >= 15 is 0 Å². The third-order valence-corrected chi connectivity index (χ3v) is 5.82. The summed E-state index contributed by atoms with van der Waals surface area (Å²) in [6.45, 7) is 1.62. The van der Waals surface area contributed by atoms with Crippen molar-refractivity contribution < 1.29 is 14.6 Å². The smallest absolute Gasteiger partial charge is 0.251 e. The summed E-state index contributed by atoms with van der Waals surface area (Å²) in [6, 6.07) is 16.8. The van der Waals surface area contributed by atoms with Crippen molar-refractivity contribution in [1.82, 2.24) is 30.0 Å². The van der Waals surface area contributed by atoms with Gasteiger partial charge in [0, 0.05) is 24.0 Å². The molecule has 0 saturated heterocycles. The number of aliphatic hydroxyl groups is 1. The highest BCUT2D eigenvalue weighted by atomic mass is 16.5. The maximum Gasteiger partial charge on any atom is 0.251 e. The number of anilines is 1. The SMILES string of the molecule is O=C(N[C@@H]1COCc2ccccc21)c1cccc(NCc2nnc(-c3ccncn3)n2CCO)c1. The normalized spacial score (nSPS) is 14.8. The Bertz CT molecular complexity index is 1310. The van der Waals surface area contributed by atoms with Crippen LogP contribution < -0.4 is 10.6 Å². The molecule has 10 heteroatoms. The van der Waals surface area contributed by atoms with Crippen LogP contribution in [0.15, 0.2) is 67.1 Å². The summed E-state index contributed by atoms with van der Waals surface area (Å²) in [5.41, 5.74) is 4.10. The van der Waals surface area contributed by atoms with Gasteiger partial charge < -0.3 is 25.0 Å². The first-order chi connectivity index (χ1) is 17.2. The van der Waals surface area contributed by atoms with Gasteiger partial charge in [0.15, 0.2) is 11.6 Å². The quantitative estimate of drug-likeness (QED) is 0.357. The minimum Gasteiger partial charge on any atom is -0.395 e. The highest BCUT2D eigenvalue weighted by molar-refractivity contribution is 5.95. The molecule has 1 atom stereocenters. The first-order valence-corrected chi connectivity index (χ1v) is 11.3. The second kappa shape index (κ2) is 10.4. The van der Waals surface area contributed by atoms with E-state index in [1.54, 1.807) is 24.4 Å². The number of amides is 1. The van der Waals surface area contributed by atoms with Gasteiger partial charge in [0.25, 0.3) is 5.91 Å². The summed E-state index contributed by atoms with van der Waals surface area (Å²) >= 11 is 0.